The molecule has 0 bridgehead atoms. The molecule has 0 saturated carbocycles. The lowest BCUT2D eigenvalue weighted by atomic mass is 10.0. The molecule has 0 amide bonds. The first-order chi connectivity index (χ1) is 44.5. The lowest BCUT2D eigenvalue weighted by molar-refractivity contribution is -0.161. The van der Waals surface area contributed by atoms with Gasteiger partial charge in [0, 0.05) is 25.7 Å². The van der Waals surface area contributed by atoms with E-state index in [0.29, 0.717) is 25.7 Å². The second-order valence-corrected chi connectivity index (χ2v) is 29.7. The summed E-state index contributed by atoms with van der Waals surface area (Å²) in [4.78, 5) is 72.3. The summed E-state index contributed by atoms with van der Waals surface area (Å²) in [6.07, 6.45) is 54.7. The molecule has 92 heavy (non-hydrogen) atoms. The van der Waals surface area contributed by atoms with Crippen molar-refractivity contribution in [2.45, 2.75) is 400 Å². The molecule has 0 fully saturated rings. The van der Waals surface area contributed by atoms with Gasteiger partial charge in [-0.1, -0.05) is 330 Å². The smallest absolute Gasteiger partial charge is 0.462 e. The van der Waals surface area contributed by atoms with Crippen molar-refractivity contribution in [3.63, 3.8) is 0 Å². The van der Waals surface area contributed by atoms with Gasteiger partial charge in [0.25, 0.3) is 0 Å². The fourth-order valence-electron chi connectivity index (χ4n) is 11.2. The summed E-state index contributed by atoms with van der Waals surface area (Å²) in [5.41, 5.74) is 0. The Morgan fingerprint density at radius 1 is 0.293 bits per heavy atom. The van der Waals surface area contributed by atoms with Gasteiger partial charge in [-0.05, 0) is 31.6 Å². The Balaban J connectivity index is 5.12. The van der Waals surface area contributed by atoms with E-state index in [0.717, 1.165) is 102 Å². The molecule has 0 aromatic carbocycles. The molecule has 0 radical (unpaired) electrons. The van der Waals surface area contributed by atoms with Crippen LogP contribution in [0.3, 0.4) is 0 Å². The average molecular weight is 1350 g/mol. The SMILES string of the molecule is CCCCCCCCCCCCCCCCCCCCCCCC(=O)O[C@H](COC(=O)CCCCCCCCCCCCCCCCC)COP(=O)(O)OC[C@@H](O)COP(=O)(O)OC[C@@H](COC(=O)CCCCCCC)OC(=O)CCCCCCCCCCC(C)C. The molecule has 0 aliphatic carbocycles. The largest absolute Gasteiger partial charge is 0.472 e. The van der Waals surface area contributed by atoms with Crippen molar-refractivity contribution in [2.75, 3.05) is 39.6 Å². The quantitative estimate of drug-likeness (QED) is 0.0222. The molecular weight excluding hydrogens is 1210 g/mol. The highest BCUT2D eigenvalue weighted by Crippen LogP contribution is 2.45. The number of ether oxygens (including phenoxy) is 4. The van der Waals surface area contributed by atoms with Crippen LogP contribution < -0.4 is 0 Å². The summed E-state index contributed by atoms with van der Waals surface area (Å²) in [6.45, 7) is 7.13. The molecule has 17 nitrogen and oxygen atoms in total. The maximum Gasteiger partial charge on any atom is 0.472 e. The number of hydrogen-bond donors (Lipinski definition) is 3. The summed E-state index contributed by atoms with van der Waals surface area (Å²) in [5, 5.41) is 10.6. The van der Waals surface area contributed by atoms with Crippen LogP contribution in [-0.4, -0.2) is 96.7 Å². The molecule has 0 aromatic rings. The van der Waals surface area contributed by atoms with Gasteiger partial charge in [-0.25, -0.2) is 9.13 Å². The molecule has 3 N–H and O–H groups in total. The number of hydrogen-bond acceptors (Lipinski definition) is 15. The predicted octanol–water partition coefficient (Wildman–Crippen LogP) is 21.3. The Kier molecular flexibility index (Phi) is 64.9. The van der Waals surface area contributed by atoms with Gasteiger partial charge in [0.05, 0.1) is 26.4 Å². The van der Waals surface area contributed by atoms with Gasteiger partial charge < -0.3 is 33.8 Å². The second-order valence-electron chi connectivity index (χ2n) is 26.8. The summed E-state index contributed by atoms with van der Waals surface area (Å²) in [6, 6.07) is 0. The van der Waals surface area contributed by atoms with Crippen LogP contribution in [0, 0.1) is 5.92 Å². The molecule has 0 saturated heterocycles. The first-order valence-corrected chi connectivity index (χ1v) is 41.1. The van der Waals surface area contributed by atoms with Gasteiger partial charge in [0.15, 0.2) is 12.2 Å². The van der Waals surface area contributed by atoms with E-state index < -0.39 is 97.5 Å². The maximum absolute atomic E-state index is 13.1. The number of esters is 4. The van der Waals surface area contributed by atoms with E-state index in [2.05, 4.69) is 34.6 Å². The van der Waals surface area contributed by atoms with Crippen molar-refractivity contribution < 1.29 is 80.2 Å². The molecule has 5 atom stereocenters. The van der Waals surface area contributed by atoms with Gasteiger partial charge in [-0.2, -0.15) is 0 Å². The third-order valence-electron chi connectivity index (χ3n) is 17.0. The van der Waals surface area contributed by atoms with Gasteiger partial charge >= 0.3 is 39.5 Å². The number of carbonyl (C=O) groups is 4. The van der Waals surface area contributed by atoms with E-state index in [1.54, 1.807) is 0 Å². The summed E-state index contributed by atoms with van der Waals surface area (Å²) < 4.78 is 68.1. The van der Waals surface area contributed by atoms with Crippen molar-refractivity contribution in [2.24, 2.45) is 5.92 Å². The molecule has 2 unspecified atom stereocenters. The summed E-state index contributed by atoms with van der Waals surface area (Å²) in [5.74, 6) is -1.41. The van der Waals surface area contributed by atoms with E-state index >= 15 is 0 Å². The van der Waals surface area contributed by atoms with Gasteiger partial charge in [-0.15, -0.1) is 0 Å². The molecule has 0 heterocycles. The average Bonchev–Trinajstić information content (AvgIpc) is 1.89. The second kappa shape index (κ2) is 66.3. The van der Waals surface area contributed by atoms with Crippen LogP contribution in [-0.2, 0) is 65.4 Å². The van der Waals surface area contributed by atoms with E-state index in [1.807, 2.05) is 0 Å². The van der Waals surface area contributed by atoms with Crippen LogP contribution in [0.15, 0.2) is 0 Å². The third-order valence-corrected chi connectivity index (χ3v) is 18.9. The van der Waals surface area contributed by atoms with E-state index in [9.17, 15) is 43.2 Å². The molecule has 0 aromatic heterocycles. The van der Waals surface area contributed by atoms with Crippen molar-refractivity contribution in [1.82, 2.24) is 0 Å². The van der Waals surface area contributed by atoms with E-state index in [4.69, 9.17) is 37.0 Å². The fourth-order valence-corrected chi connectivity index (χ4v) is 12.8. The minimum atomic E-state index is -4.95. The van der Waals surface area contributed by atoms with Crippen LogP contribution in [0.4, 0.5) is 0 Å². The molecular formula is C73H142O17P2. The highest BCUT2D eigenvalue weighted by atomic mass is 31.2. The number of carbonyl (C=O) groups excluding carboxylic acids is 4. The molecule has 0 rings (SSSR count). The number of phosphoric ester groups is 2. The zero-order valence-electron chi connectivity index (χ0n) is 59.7. The lowest BCUT2D eigenvalue weighted by Gasteiger charge is -2.21. The molecule has 0 spiro atoms. The standard InChI is InChI=1S/C73H142O17P2/c1-6-9-12-15-17-19-21-23-25-26-27-28-29-30-32-34-36-38-43-48-53-58-72(77)90-69(63-84-71(76)57-52-47-42-37-35-33-31-24-22-20-18-16-13-10-7-2)65-88-92(81,82)86-61-67(74)60-85-91(79,80)87-64-68(62-83-70(75)56-51-45-14-11-8-3)89-73(78)59-54-49-44-40-39-41-46-50-55-66(4)5/h66-69,74H,6-65H2,1-5H3,(H,79,80)(H,81,82)/t67-,68+,69+/m0/s1. The zero-order valence-corrected chi connectivity index (χ0v) is 61.5. The van der Waals surface area contributed by atoms with Gasteiger partial charge in [0.2, 0.25) is 0 Å². The molecule has 19 heteroatoms. The predicted molar refractivity (Wildman–Crippen MR) is 372 cm³/mol. The Morgan fingerprint density at radius 3 is 0.739 bits per heavy atom. The van der Waals surface area contributed by atoms with Gasteiger partial charge in [0.1, 0.15) is 19.3 Å². The topological polar surface area (TPSA) is 237 Å². The molecule has 546 valence electrons. The van der Waals surface area contributed by atoms with Crippen LogP contribution in [0.5, 0.6) is 0 Å². The zero-order chi connectivity index (χ0) is 67.7. The number of aliphatic hydroxyl groups excluding tert-OH is 1. The highest BCUT2D eigenvalue weighted by Gasteiger charge is 2.30. The fraction of sp³-hybridized carbons (Fsp3) is 0.945. The first-order valence-electron chi connectivity index (χ1n) is 38.1. The number of unbranched alkanes of at least 4 members (excludes halogenated alkanes) is 45. The van der Waals surface area contributed by atoms with E-state index in [1.165, 1.54) is 199 Å². The molecule has 0 aliphatic heterocycles. The van der Waals surface area contributed by atoms with E-state index in [-0.39, 0.29) is 25.7 Å². The number of aliphatic hydroxyl groups is 1. The Labute approximate surface area is 562 Å². The van der Waals surface area contributed by atoms with Crippen LogP contribution in [0.1, 0.15) is 381 Å². The Bertz CT molecular complexity index is 1770. The van der Waals surface area contributed by atoms with Crippen LogP contribution in [0.25, 0.3) is 0 Å². The Morgan fingerprint density at radius 2 is 0.500 bits per heavy atom. The maximum atomic E-state index is 13.1. The summed E-state index contributed by atoms with van der Waals surface area (Å²) in [7, 11) is -9.89. The minimum Gasteiger partial charge on any atom is -0.462 e. The monoisotopic (exact) mass is 1350 g/mol. The Hall–Kier alpha value is -1.94. The number of rotatable bonds is 73. The highest BCUT2D eigenvalue weighted by molar-refractivity contribution is 7.47. The third kappa shape index (κ3) is 66.7. The van der Waals surface area contributed by atoms with Crippen molar-refractivity contribution in [3.8, 4) is 0 Å². The van der Waals surface area contributed by atoms with Crippen molar-refractivity contribution in [1.29, 1.82) is 0 Å². The minimum absolute atomic E-state index is 0.104. The first kappa shape index (κ1) is 90.1. The normalized spacial score (nSPS) is 14.0. The van der Waals surface area contributed by atoms with Crippen molar-refractivity contribution in [3.05, 3.63) is 0 Å². The van der Waals surface area contributed by atoms with Crippen LogP contribution in [0.2, 0.25) is 0 Å². The lowest BCUT2D eigenvalue weighted by Crippen LogP contribution is -2.30. The van der Waals surface area contributed by atoms with Crippen LogP contribution >= 0.6 is 15.6 Å². The summed E-state index contributed by atoms with van der Waals surface area (Å²) >= 11 is 0. The van der Waals surface area contributed by atoms with Gasteiger partial charge in [-0.3, -0.25) is 37.3 Å². The van der Waals surface area contributed by atoms with Crippen molar-refractivity contribution >= 4 is 39.5 Å². The number of phosphoric acid groups is 2. The molecule has 0 aliphatic rings.